The van der Waals surface area contributed by atoms with Crippen molar-refractivity contribution < 1.29 is 18.3 Å². The van der Waals surface area contributed by atoms with Crippen molar-refractivity contribution in [1.82, 2.24) is 9.55 Å². The van der Waals surface area contributed by atoms with Crippen LogP contribution in [0.2, 0.25) is 0 Å². The van der Waals surface area contributed by atoms with Gasteiger partial charge >= 0.3 is 6.55 Å². The Bertz CT molecular complexity index is 925. The van der Waals surface area contributed by atoms with E-state index in [4.69, 9.17) is 9.47 Å². The maximum Gasteiger partial charge on any atom is 0.320 e. The Morgan fingerprint density at radius 1 is 1.08 bits per heavy atom. The zero-order chi connectivity index (χ0) is 18.8. The molecule has 0 unspecified atom stereocenters. The van der Waals surface area contributed by atoms with Gasteiger partial charge in [0.2, 0.25) is 0 Å². The van der Waals surface area contributed by atoms with E-state index in [0.717, 1.165) is 15.8 Å². The molecule has 7 heteroatoms. The minimum atomic E-state index is -2.67. The molecule has 0 bridgehead atoms. The predicted octanol–water partition coefficient (Wildman–Crippen LogP) is 4.93. The second-order valence-corrected chi connectivity index (χ2v) is 5.99. The molecule has 0 saturated carbocycles. The first-order valence-electron chi connectivity index (χ1n) is 8.20. The van der Waals surface area contributed by atoms with Gasteiger partial charge in [0, 0.05) is 11.8 Å². The number of anilines is 1. The summed E-state index contributed by atoms with van der Waals surface area (Å²) in [5, 5.41) is 3.26. The molecule has 0 spiro atoms. The number of ether oxygens (including phenoxy) is 2. The monoisotopic (exact) mass is 361 g/mol. The SMILES string of the molecule is COc1cc(C)c(N[C@@H](C)c2nc3ccccc3n2C(F)F)cc1OC. The van der Waals surface area contributed by atoms with Gasteiger partial charge in [-0.05, 0) is 37.6 Å². The maximum atomic E-state index is 13.6. The third kappa shape index (κ3) is 3.16. The minimum absolute atomic E-state index is 0.274. The van der Waals surface area contributed by atoms with Gasteiger partial charge < -0.3 is 14.8 Å². The van der Waals surface area contributed by atoms with Crippen LogP contribution in [0.25, 0.3) is 11.0 Å². The molecule has 0 aliphatic heterocycles. The summed E-state index contributed by atoms with van der Waals surface area (Å²) in [4.78, 5) is 4.40. The zero-order valence-corrected chi connectivity index (χ0v) is 15.1. The number of rotatable bonds is 6. The van der Waals surface area contributed by atoms with Crippen LogP contribution in [-0.4, -0.2) is 23.8 Å². The Balaban J connectivity index is 2.00. The molecule has 3 rings (SSSR count). The van der Waals surface area contributed by atoms with Crippen molar-refractivity contribution in [2.75, 3.05) is 19.5 Å². The molecule has 2 aromatic carbocycles. The van der Waals surface area contributed by atoms with Gasteiger partial charge in [-0.25, -0.2) is 4.98 Å². The van der Waals surface area contributed by atoms with E-state index in [1.54, 1.807) is 51.5 Å². The van der Waals surface area contributed by atoms with E-state index in [9.17, 15) is 8.78 Å². The molecule has 3 aromatic rings. The summed E-state index contributed by atoms with van der Waals surface area (Å²) >= 11 is 0. The van der Waals surface area contributed by atoms with Gasteiger partial charge in [-0.2, -0.15) is 8.78 Å². The van der Waals surface area contributed by atoms with Crippen molar-refractivity contribution in [3.63, 3.8) is 0 Å². The van der Waals surface area contributed by atoms with Crippen LogP contribution in [0.1, 0.15) is 30.9 Å². The number of nitrogens with zero attached hydrogens (tertiary/aromatic N) is 2. The van der Waals surface area contributed by atoms with Gasteiger partial charge in [0.1, 0.15) is 5.82 Å². The third-order valence-electron chi connectivity index (χ3n) is 4.31. The summed E-state index contributed by atoms with van der Waals surface area (Å²) in [6.45, 7) is 1.04. The van der Waals surface area contributed by atoms with Crippen molar-refractivity contribution in [2.24, 2.45) is 0 Å². The number of imidazole rings is 1. The number of methoxy groups -OCH3 is 2. The van der Waals surface area contributed by atoms with E-state index >= 15 is 0 Å². The average molecular weight is 361 g/mol. The number of aromatic nitrogens is 2. The lowest BCUT2D eigenvalue weighted by molar-refractivity contribution is 0.0708. The number of fused-ring (bicyclic) bond motifs is 1. The van der Waals surface area contributed by atoms with Crippen LogP contribution < -0.4 is 14.8 Å². The molecule has 0 aliphatic rings. The fourth-order valence-electron chi connectivity index (χ4n) is 3.01. The van der Waals surface area contributed by atoms with Crippen molar-refractivity contribution in [1.29, 1.82) is 0 Å². The number of alkyl halides is 2. The molecule has 1 atom stereocenters. The largest absolute Gasteiger partial charge is 0.493 e. The molecule has 1 heterocycles. The molecule has 26 heavy (non-hydrogen) atoms. The first-order valence-corrected chi connectivity index (χ1v) is 8.20. The van der Waals surface area contributed by atoms with Gasteiger partial charge in [0.15, 0.2) is 11.5 Å². The van der Waals surface area contributed by atoms with Crippen LogP contribution >= 0.6 is 0 Å². The molecule has 1 aromatic heterocycles. The lowest BCUT2D eigenvalue weighted by Gasteiger charge is -2.20. The molecule has 0 amide bonds. The summed E-state index contributed by atoms with van der Waals surface area (Å²) in [5.74, 6) is 1.45. The van der Waals surface area contributed by atoms with Gasteiger partial charge in [0.25, 0.3) is 0 Å². The highest BCUT2D eigenvalue weighted by Gasteiger charge is 2.22. The Labute approximate surface area is 150 Å². The van der Waals surface area contributed by atoms with E-state index < -0.39 is 12.6 Å². The van der Waals surface area contributed by atoms with Crippen LogP contribution in [-0.2, 0) is 0 Å². The average Bonchev–Trinajstić information content (AvgIpc) is 3.02. The normalized spacial score (nSPS) is 12.4. The molecular weight excluding hydrogens is 340 g/mol. The van der Waals surface area contributed by atoms with Crippen LogP contribution in [0.5, 0.6) is 11.5 Å². The first-order chi connectivity index (χ1) is 12.5. The summed E-state index contributed by atoms with van der Waals surface area (Å²) in [6, 6.07) is 10.1. The molecule has 0 aliphatic carbocycles. The maximum absolute atomic E-state index is 13.6. The van der Waals surface area contributed by atoms with E-state index in [1.165, 1.54) is 0 Å². The number of para-hydroxylation sites is 2. The lowest BCUT2D eigenvalue weighted by atomic mass is 10.1. The van der Waals surface area contributed by atoms with E-state index in [-0.39, 0.29) is 5.82 Å². The second-order valence-electron chi connectivity index (χ2n) is 5.99. The van der Waals surface area contributed by atoms with Crippen molar-refractivity contribution in [2.45, 2.75) is 26.4 Å². The molecular formula is C19H21F2N3O2. The highest BCUT2D eigenvalue weighted by atomic mass is 19.3. The van der Waals surface area contributed by atoms with Gasteiger partial charge in [0.05, 0.1) is 31.3 Å². The molecule has 1 N–H and O–H groups in total. The molecule has 138 valence electrons. The topological polar surface area (TPSA) is 48.3 Å². The molecule has 5 nitrogen and oxygen atoms in total. The van der Waals surface area contributed by atoms with Crippen LogP contribution in [0.15, 0.2) is 36.4 Å². The lowest BCUT2D eigenvalue weighted by Crippen LogP contribution is -2.15. The highest BCUT2D eigenvalue weighted by molar-refractivity contribution is 5.76. The minimum Gasteiger partial charge on any atom is -0.493 e. The number of benzene rings is 2. The van der Waals surface area contributed by atoms with Crippen molar-refractivity contribution in [3.05, 3.63) is 47.8 Å². The van der Waals surface area contributed by atoms with Crippen molar-refractivity contribution >= 4 is 16.7 Å². The first kappa shape index (κ1) is 18.0. The van der Waals surface area contributed by atoms with Crippen LogP contribution in [0.4, 0.5) is 14.5 Å². The molecule has 0 fully saturated rings. The smallest absolute Gasteiger partial charge is 0.320 e. The summed E-state index contributed by atoms with van der Waals surface area (Å²) in [5.41, 5.74) is 2.63. The standard InChI is InChI=1S/C19H21F2N3O2/c1-11-9-16(25-3)17(26-4)10-14(11)22-12(2)18-23-13-7-5-6-8-15(13)24(18)19(20)21/h5-10,12,19,22H,1-4H3/t12-/m0/s1. The summed E-state index contributed by atoms with van der Waals surface area (Å²) in [7, 11) is 3.12. The number of nitrogens with one attached hydrogen (secondary N) is 1. The number of aryl methyl sites for hydroxylation is 1. The van der Waals surface area contributed by atoms with Crippen LogP contribution in [0, 0.1) is 6.92 Å². The Morgan fingerprint density at radius 2 is 1.73 bits per heavy atom. The predicted molar refractivity (Wildman–Crippen MR) is 97.3 cm³/mol. The fourth-order valence-corrected chi connectivity index (χ4v) is 3.01. The summed E-state index contributed by atoms with van der Waals surface area (Å²) in [6.07, 6.45) is 0. The van der Waals surface area contributed by atoms with Gasteiger partial charge in [-0.3, -0.25) is 4.57 Å². The molecule has 0 radical (unpaired) electrons. The number of hydrogen-bond donors (Lipinski definition) is 1. The van der Waals surface area contributed by atoms with Crippen LogP contribution in [0.3, 0.4) is 0 Å². The van der Waals surface area contributed by atoms with Gasteiger partial charge in [-0.15, -0.1) is 0 Å². The number of hydrogen-bond acceptors (Lipinski definition) is 4. The quantitative estimate of drug-likeness (QED) is 0.676. The zero-order valence-electron chi connectivity index (χ0n) is 15.1. The summed E-state index contributed by atoms with van der Waals surface area (Å²) < 4.78 is 38.9. The Kier molecular flexibility index (Phi) is 4.97. The fraction of sp³-hybridized carbons (Fsp3) is 0.316. The second kappa shape index (κ2) is 7.19. The Morgan fingerprint density at radius 3 is 2.38 bits per heavy atom. The highest BCUT2D eigenvalue weighted by Crippen LogP contribution is 2.35. The van der Waals surface area contributed by atoms with Crippen molar-refractivity contribution in [3.8, 4) is 11.5 Å². The number of halogens is 2. The van der Waals surface area contributed by atoms with Gasteiger partial charge in [-0.1, -0.05) is 12.1 Å². The third-order valence-corrected chi connectivity index (χ3v) is 4.31. The molecule has 0 saturated heterocycles. The Hall–Kier alpha value is -2.83. The van der Waals surface area contributed by atoms with E-state index in [1.807, 2.05) is 13.0 Å². The van der Waals surface area contributed by atoms with E-state index in [0.29, 0.717) is 22.5 Å². The van der Waals surface area contributed by atoms with E-state index in [2.05, 4.69) is 10.3 Å².